The van der Waals surface area contributed by atoms with Crippen molar-refractivity contribution >= 4 is 15.9 Å². The average molecular weight is 284 g/mol. The summed E-state index contributed by atoms with van der Waals surface area (Å²) in [6.07, 6.45) is 0. The molecule has 0 aliphatic rings. The Morgan fingerprint density at radius 3 is 2.19 bits per heavy atom. The Hall–Kier alpha value is -1.21. The molecular weight excluding hydrogens is 270 g/mol. The lowest BCUT2D eigenvalue weighted by Gasteiger charge is -2.17. The number of hydrogen-bond acceptors (Lipinski definition) is 3. The lowest BCUT2D eigenvalue weighted by atomic mass is 9.96. The van der Waals surface area contributed by atoms with Crippen LogP contribution in [0.4, 0.5) is 0 Å². The lowest BCUT2D eigenvalue weighted by Crippen LogP contribution is -2.01. The molecule has 0 aliphatic heterocycles. The van der Waals surface area contributed by atoms with E-state index in [1.807, 2.05) is 13.8 Å². The van der Waals surface area contributed by atoms with Crippen molar-refractivity contribution in [1.82, 2.24) is 0 Å². The molecular formula is C12H14BrNO2. The van der Waals surface area contributed by atoms with Crippen LogP contribution in [-0.2, 0) is 0 Å². The van der Waals surface area contributed by atoms with Crippen molar-refractivity contribution in [2.45, 2.75) is 19.8 Å². The maximum absolute atomic E-state index is 9.11. The number of nitriles is 1. The van der Waals surface area contributed by atoms with E-state index in [-0.39, 0.29) is 5.92 Å². The fraction of sp³-hybridized carbons (Fsp3) is 0.417. The molecule has 1 rings (SSSR count). The van der Waals surface area contributed by atoms with Crippen LogP contribution >= 0.6 is 15.9 Å². The molecule has 0 amide bonds. The van der Waals surface area contributed by atoms with Crippen LogP contribution in [0.3, 0.4) is 0 Å². The highest BCUT2D eigenvalue weighted by Crippen LogP contribution is 2.42. The summed E-state index contributed by atoms with van der Waals surface area (Å²) in [5.41, 5.74) is 1.49. The number of rotatable bonds is 3. The van der Waals surface area contributed by atoms with Gasteiger partial charge in [0.1, 0.15) is 0 Å². The second-order valence-electron chi connectivity index (χ2n) is 3.65. The van der Waals surface area contributed by atoms with Crippen LogP contribution in [0.1, 0.15) is 30.9 Å². The molecule has 3 nitrogen and oxygen atoms in total. The first-order valence-corrected chi connectivity index (χ1v) is 5.70. The maximum atomic E-state index is 9.11. The molecule has 0 aromatic heterocycles. The van der Waals surface area contributed by atoms with E-state index >= 15 is 0 Å². The number of halogens is 1. The Bertz CT molecular complexity index is 436. The quantitative estimate of drug-likeness (QED) is 0.853. The molecule has 16 heavy (non-hydrogen) atoms. The Morgan fingerprint density at radius 1 is 1.25 bits per heavy atom. The van der Waals surface area contributed by atoms with Gasteiger partial charge in [-0.25, -0.2) is 0 Å². The molecule has 0 heterocycles. The normalized spacial score (nSPS) is 10.1. The highest BCUT2D eigenvalue weighted by atomic mass is 79.9. The van der Waals surface area contributed by atoms with Crippen molar-refractivity contribution in [3.05, 3.63) is 21.7 Å². The smallest absolute Gasteiger partial charge is 0.175 e. The number of nitrogens with zero attached hydrogens (tertiary/aromatic N) is 1. The van der Waals surface area contributed by atoms with Gasteiger partial charge in [0.05, 0.1) is 30.3 Å². The van der Waals surface area contributed by atoms with Gasteiger partial charge in [-0.05, 0) is 27.9 Å². The van der Waals surface area contributed by atoms with E-state index in [1.54, 1.807) is 20.3 Å². The van der Waals surface area contributed by atoms with Gasteiger partial charge in [0.25, 0.3) is 0 Å². The van der Waals surface area contributed by atoms with Crippen LogP contribution in [0.25, 0.3) is 0 Å². The predicted octanol–water partition coefficient (Wildman–Crippen LogP) is 3.46. The summed E-state index contributed by atoms with van der Waals surface area (Å²) in [4.78, 5) is 0. The SMILES string of the molecule is COc1c(Br)cc(C#N)c(C(C)C)c1OC. The van der Waals surface area contributed by atoms with E-state index in [0.29, 0.717) is 17.1 Å². The van der Waals surface area contributed by atoms with E-state index in [2.05, 4.69) is 22.0 Å². The zero-order valence-electron chi connectivity index (χ0n) is 9.80. The summed E-state index contributed by atoms with van der Waals surface area (Å²) < 4.78 is 11.4. The van der Waals surface area contributed by atoms with Gasteiger partial charge in [-0.3, -0.25) is 0 Å². The van der Waals surface area contributed by atoms with Crippen molar-refractivity contribution in [2.24, 2.45) is 0 Å². The van der Waals surface area contributed by atoms with Gasteiger partial charge in [-0.15, -0.1) is 0 Å². The largest absolute Gasteiger partial charge is 0.492 e. The molecule has 86 valence electrons. The fourth-order valence-corrected chi connectivity index (χ4v) is 2.25. The van der Waals surface area contributed by atoms with Gasteiger partial charge < -0.3 is 9.47 Å². The third-order valence-corrected chi connectivity index (χ3v) is 2.92. The third kappa shape index (κ3) is 2.14. The number of ether oxygens (including phenoxy) is 2. The topological polar surface area (TPSA) is 42.2 Å². The summed E-state index contributed by atoms with van der Waals surface area (Å²) >= 11 is 3.37. The van der Waals surface area contributed by atoms with Gasteiger partial charge in [0.2, 0.25) is 0 Å². The molecule has 1 aromatic rings. The Balaban J connectivity index is 3.61. The van der Waals surface area contributed by atoms with E-state index in [1.165, 1.54) is 0 Å². The second-order valence-corrected chi connectivity index (χ2v) is 4.51. The minimum atomic E-state index is 0.201. The summed E-state index contributed by atoms with van der Waals surface area (Å²) in [5.74, 6) is 1.46. The minimum Gasteiger partial charge on any atom is -0.492 e. The Morgan fingerprint density at radius 2 is 1.81 bits per heavy atom. The van der Waals surface area contributed by atoms with Crippen LogP contribution in [0, 0.1) is 11.3 Å². The molecule has 0 spiro atoms. The van der Waals surface area contributed by atoms with E-state index in [9.17, 15) is 0 Å². The van der Waals surface area contributed by atoms with Gasteiger partial charge in [0.15, 0.2) is 11.5 Å². The van der Waals surface area contributed by atoms with E-state index in [0.717, 1.165) is 10.0 Å². The highest BCUT2D eigenvalue weighted by Gasteiger charge is 2.20. The van der Waals surface area contributed by atoms with Crippen molar-refractivity contribution in [3.63, 3.8) is 0 Å². The fourth-order valence-electron chi connectivity index (χ4n) is 1.68. The van der Waals surface area contributed by atoms with Crippen LogP contribution in [0.2, 0.25) is 0 Å². The lowest BCUT2D eigenvalue weighted by molar-refractivity contribution is 0.348. The predicted molar refractivity (Wildman–Crippen MR) is 66.1 cm³/mol. The first kappa shape index (κ1) is 12.9. The summed E-state index contributed by atoms with van der Waals surface area (Å²) in [7, 11) is 3.16. The van der Waals surface area contributed by atoms with Crippen molar-refractivity contribution in [1.29, 1.82) is 5.26 Å². The molecule has 0 unspecified atom stereocenters. The highest BCUT2D eigenvalue weighted by molar-refractivity contribution is 9.10. The molecule has 0 N–H and O–H groups in total. The van der Waals surface area contributed by atoms with Crippen molar-refractivity contribution < 1.29 is 9.47 Å². The van der Waals surface area contributed by atoms with Crippen LogP contribution < -0.4 is 9.47 Å². The number of methoxy groups -OCH3 is 2. The third-order valence-electron chi connectivity index (χ3n) is 2.34. The zero-order valence-corrected chi connectivity index (χ0v) is 11.4. The monoisotopic (exact) mass is 283 g/mol. The standard InChI is InChI=1S/C12H14BrNO2/c1-7(2)10-8(6-14)5-9(13)11(15-3)12(10)16-4/h5,7H,1-4H3. The molecule has 0 saturated carbocycles. The van der Waals surface area contributed by atoms with Gasteiger partial charge in [-0.1, -0.05) is 13.8 Å². The van der Waals surface area contributed by atoms with Gasteiger partial charge in [0, 0.05) is 5.56 Å². The molecule has 1 aromatic carbocycles. The molecule has 0 atom stereocenters. The summed E-state index contributed by atoms with van der Waals surface area (Å²) in [6, 6.07) is 3.94. The van der Waals surface area contributed by atoms with Gasteiger partial charge in [-0.2, -0.15) is 5.26 Å². The number of benzene rings is 1. The van der Waals surface area contributed by atoms with Crippen molar-refractivity contribution in [3.8, 4) is 17.6 Å². The Labute approximate surface area is 104 Å². The first-order chi connectivity index (χ1) is 7.56. The summed E-state index contributed by atoms with van der Waals surface area (Å²) in [5, 5.41) is 9.11. The molecule has 0 aliphatic carbocycles. The summed E-state index contributed by atoms with van der Waals surface area (Å²) in [6.45, 7) is 4.04. The zero-order chi connectivity index (χ0) is 12.3. The van der Waals surface area contributed by atoms with Crippen LogP contribution in [0.15, 0.2) is 10.5 Å². The Kier molecular flexibility index (Phi) is 4.19. The van der Waals surface area contributed by atoms with E-state index < -0.39 is 0 Å². The van der Waals surface area contributed by atoms with Crippen LogP contribution in [-0.4, -0.2) is 14.2 Å². The molecule has 4 heteroatoms. The van der Waals surface area contributed by atoms with Crippen molar-refractivity contribution in [2.75, 3.05) is 14.2 Å². The molecule has 0 saturated heterocycles. The number of hydrogen-bond donors (Lipinski definition) is 0. The van der Waals surface area contributed by atoms with E-state index in [4.69, 9.17) is 14.7 Å². The molecule has 0 bridgehead atoms. The second kappa shape index (κ2) is 5.22. The first-order valence-electron chi connectivity index (χ1n) is 4.91. The molecule has 0 fully saturated rings. The molecule has 0 radical (unpaired) electrons. The maximum Gasteiger partial charge on any atom is 0.175 e. The van der Waals surface area contributed by atoms with Crippen LogP contribution in [0.5, 0.6) is 11.5 Å². The average Bonchev–Trinajstić information content (AvgIpc) is 2.26. The minimum absolute atomic E-state index is 0.201. The van der Waals surface area contributed by atoms with Gasteiger partial charge >= 0.3 is 0 Å².